The molecule has 0 saturated carbocycles. The van der Waals surface area contributed by atoms with Gasteiger partial charge in [-0.2, -0.15) is 0 Å². The lowest BCUT2D eigenvalue weighted by Crippen LogP contribution is -1.99. The Morgan fingerprint density at radius 3 is 2.62 bits per heavy atom. The van der Waals surface area contributed by atoms with Gasteiger partial charge in [-0.25, -0.2) is 9.97 Å². The van der Waals surface area contributed by atoms with Gasteiger partial charge in [0, 0.05) is 16.6 Å². The SMILES string of the molecule is COc1cccc(COc2ccc(-c3nc(N)c4cc(N)ccc4n3)cc2Cl)c1. The molecule has 0 aliphatic heterocycles. The summed E-state index contributed by atoms with van der Waals surface area (Å²) in [5.41, 5.74) is 15.0. The summed E-state index contributed by atoms with van der Waals surface area (Å²) in [6.45, 7) is 0.372. The Labute approximate surface area is 173 Å². The van der Waals surface area contributed by atoms with Crippen LogP contribution in [0.5, 0.6) is 11.5 Å². The van der Waals surface area contributed by atoms with Crippen molar-refractivity contribution in [2.45, 2.75) is 6.61 Å². The van der Waals surface area contributed by atoms with Gasteiger partial charge in [-0.05, 0) is 54.1 Å². The number of nitrogen functional groups attached to an aromatic ring is 2. The molecular formula is C22H19ClN4O2. The molecule has 0 unspecified atom stereocenters. The molecule has 0 fully saturated rings. The monoisotopic (exact) mass is 406 g/mol. The van der Waals surface area contributed by atoms with Crippen LogP contribution in [0, 0.1) is 0 Å². The van der Waals surface area contributed by atoms with Gasteiger partial charge in [-0.3, -0.25) is 0 Å². The number of fused-ring (bicyclic) bond motifs is 1. The molecule has 29 heavy (non-hydrogen) atoms. The Bertz CT molecular complexity index is 1200. The van der Waals surface area contributed by atoms with Crippen LogP contribution in [0.1, 0.15) is 5.56 Å². The number of hydrogen-bond donors (Lipinski definition) is 2. The third-order valence-electron chi connectivity index (χ3n) is 4.47. The maximum atomic E-state index is 6.43. The van der Waals surface area contributed by atoms with E-state index in [9.17, 15) is 0 Å². The molecule has 0 aliphatic rings. The van der Waals surface area contributed by atoms with Crippen LogP contribution in [-0.2, 0) is 6.61 Å². The fourth-order valence-electron chi connectivity index (χ4n) is 2.98. The average Bonchev–Trinajstić information content (AvgIpc) is 2.73. The molecule has 4 rings (SSSR count). The minimum Gasteiger partial charge on any atom is -0.497 e. The molecule has 7 heteroatoms. The number of rotatable bonds is 5. The Morgan fingerprint density at radius 2 is 1.83 bits per heavy atom. The Balaban J connectivity index is 1.58. The maximum Gasteiger partial charge on any atom is 0.162 e. The Hall–Kier alpha value is -3.51. The number of methoxy groups -OCH3 is 1. The van der Waals surface area contributed by atoms with Crippen molar-refractivity contribution in [2.75, 3.05) is 18.6 Å². The smallest absolute Gasteiger partial charge is 0.162 e. The number of nitrogens with zero attached hydrogens (tertiary/aromatic N) is 2. The van der Waals surface area contributed by atoms with Gasteiger partial charge in [0.25, 0.3) is 0 Å². The van der Waals surface area contributed by atoms with Gasteiger partial charge in [0.15, 0.2) is 5.82 Å². The quantitative estimate of drug-likeness (QED) is 0.466. The van der Waals surface area contributed by atoms with Gasteiger partial charge in [0.2, 0.25) is 0 Å². The van der Waals surface area contributed by atoms with E-state index >= 15 is 0 Å². The molecule has 6 nitrogen and oxygen atoms in total. The highest BCUT2D eigenvalue weighted by molar-refractivity contribution is 6.32. The van der Waals surface area contributed by atoms with Gasteiger partial charge in [0.1, 0.15) is 23.9 Å². The topological polar surface area (TPSA) is 96.3 Å². The first kappa shape index (κ1) is 18.8. The van der Waals surface area contributed by atoms with Crippen LogP contribution in [-0.4, -0.2) is 17.1 Å². The maximum absolute atomic E-state index is 6.43. The predicted molar refractivity (Wildman–Crippen MR) is 116 cm³/mol. The first-order chi connectivity index (χ1) is 14.0. The second kappa shape index (κ2) is 7.85. The molecular weight excluding hydrogens is 388 g/mol. The summed E-state index contributed by atoms with van der Waals surface area (Å²) >= 11 is 6.43. The van der Waals surface area contributed by atoms with E-state index in [0.29, 0.717) is 34.7 Å². The number of nitrogens with two attached hydrogens (primary N) is 2. The average molecular weight is 407 g/mol. The second-order valence-corrected chi connectivity index (χ2v) is 6.90. The van der Waals surface area contributed by atoms with Gasteiger partial charge in [-0.15, -0.1) is 0 Å². The van der Waals surface area contributed by atoms with E-state index in [-0.39, 0.29) is 0 Å². The molecule has 1 aromatic heterocycles. The van der Waals surface area contributed by atoms with E-state index in [1.807, 2.05) is 36.4 Å². The van der Waals surface area contributed by atoms with Crippen molar-refractivity contribution in [2.24, 2.45) is 0 Å². The van der Waals surface area contributed by atoms with Crippen molar-refractivity contribution in [3.8, 4) is 22.9 Å². The summed E-state index contributed by atoms with van der Waals surface area (Å²) < 4.78 is 11.1. The van der Waals surface area contributed by atoms with E-state index in [1.165, 1.54) is 0 Å². The highest BCUT2D eigenvalue weighted by atomic mass is 35.5. The number of benzene rings is 3. The fourth-order valence-corrected chi connectivity index (χ4v) is 3.21. The zero-order valence-corrected chi connectivity index (χ0v) is 16.5. The second-order valence-electron chi connectivity index (χ2n) is 6.49. The van der Waals surface area contributed by atoms with Crippen molar-refractivity contribution in [3.63, 3.8) is 0 Å². The highest BCUT2D eigenvalue weighted by Crippen LogP contribution is 2.31. The summed E-state index contributed by atoms with van der Waals surface area (Å²) in [5, 5.41) is 1.18. The Morgan fingerprint density at radius 1 is 0.966 bits per heavy atom. The standard InChI is InChI=1S/C22H19ClN4O2/c1-28-16-4-2-3-13(9-16)12-29-20-8-5-14(10-18(20)23)22-26-19-7-6-15(24)11-17(19)21(25)27-22/h2-11H,12,24H2,1H3,(H2,25,26,27). The third-order valence-corrected chi connectivity index (χ3v) is 4.76. The number of halogens is 1. The molecule has 4 N–H and O–H groups in total. The van der Waals surface area contributed by atoms with Crippen molar-refractivity contribution < 1.29 is 9.47 Å². The zero-order valence-electron chi connectivity index (χ0n) is 15.7. The zero-order chi connectivity index (χ0) is 20.4. The molecule has 0 spiro atoms. The molecule has 0 amide bonds. The van der Waals surface area contributed by atoms with Gasteiger partial charge in [0.05, 0.1) is 17.6 Å². The lowest BCUT2D eigenvalue weighted by atomic mass is 10.1. The van der Waals surface area contributed by atoms with Crippen molar-refractivity contribution in [1.82, 2.24) is 9.97 Å². The van der Waals surface area contributed by atoms with Crippen LogP contribution in [0.3, 0.4) is 0 Å². The van der Waals surface area contributed by atoms with Crippen LogP contribution in [0.2, 0.25) is 5.02 Å². The predicted octanol–water partition coefficient (Wildman–Crippen LogP) is 4.70. The van der Waals surface area contributed by atoms with Crippen LogP contribution in [0.15, 0.2) is 60.7 Å². The molecule has 4 aromatic rings. The number of hydrogen-bond acceptors (Lipinski definition) is 6. The van der Waals surface area contributed by atoms with E-state index in [0.717, 1.165) is 27.8 Å². The summed E-state index contributed by atoms with van der Waals surface area (Å²) in [6, 6.07) is 18.4. The van der Waals surface area contributed by atoms with Gasteiger partial charge < -0.3 is 20.9 Å². The van der Waals surface area contributed by atoms with E-state index < -0.39 is 0 Å². The minimum absolute atomic E-state index is 0.367. The minimum atomic E-state index is 0.367. The summed E-state index contributed by atoms with van der Waals surface area (Å²) in [4.78, 5) is 8.96. The van der Waals surface area contributed by atoms with Crippen molar-refractivity contribution in [3.05, 3.63) is 71.2 Å². The van der Waals surface area contributed by atoms with Crippen molar-refractivity contribution in [1.29, 1.82) is 0 Å². The van der Waals surface area contributed by atoms with Crippen molar-refractivity contribution >= 4 is 34.0 Å². The molecule has 0 radical (unpaired) electrons. The third kappa shape index (κ3) is 4.02. The first-order valence-corrected chi connectivity index (χ1v) is 9.29. The molecule has 0 aliphatic carbocycles. The van der Waals surface area contributed by atoms with Crippen LogP contribution < -0.4 is 20.9 Å². The molecule has 3 aromatic carbocycles. The number of aromatic nitrogens is 2. The van der Waals surface area contributed by atoms with Crippen LogP contribution in [0.25, 0.3) is 22.3 Å². The molecule has 0 saturated heterocycles. The fraction of sp³-hybridized carbons (Fsp3) is 0.0909. The lowest BCUT2D eigenvalue weighted by molar-refractivity contribution is 0.305. The van der Waals surface area contributed by atoms with Crippen LogP contribution in [0.4, 0.5) is 11.5 Å². The highest BCUT2D eigenvalue weighted by Gasteiger charge is 2.11. The lowest BCUT2D eigenvalue weighted by Gasteiger charge is -2.11. The summed E-state index contributed by atoms with van der Waals surface area (Å²) in [6.07, 6.45) is 0. The summed E-state index contributed by atoms with van der Waals surface area (Å²) in [5.74, 6) is 2.20. The first-order valence-electron chi connectivity index (χ1n) is 8.92. The molecule has 0 atom stereocenters. The van der Waals surface area contributed by atoms with E-state index in [2.05, 4.69) is 9.97 Å². The summed E-state index contributed by atoms with van der Waals surface area (Å²) in [7, 11) is 1.63. The molecule has 0 bridgehead atoms. The normalized spacial score (nSPS) is 10.8. The van der Waals surface area contributed by atoms with Gasteiger partial charge in [-0.1, -0.05) is 23.7 Å². The van der Waals surface area contributed by atoms with Gasteiger partial charge >= 0.3 is 0 Å². The number of anilines is 2. The van der Waals surface area contributed by atoms with Crippen LogP contribution >= 0.6 is 11.6 Å². The van der Waals surface area contributed by atoms with E-state index in [4.69, 9.17) is 32.5 Å². The Kier molecular flexibility index (Phi) is 5.10. The molecule has 146 valence electrons. The largest absolute Gasteiger partial charge is 0.497 e. The molecule has 1 heterocycles. The number of ether oxygens (including phenoxy) is 2. The van der Waals surface area contributed by atoms with E-state index in [1.54, 1.807) is 31.4 Å².